The lowest BCUT2D eigenvalue weighted by Gasteiger charge is -2.19. The number of nitrogens with one attached hydrogen (secondary N) is 2. The van der Waals surface area contributed by atoms with Crippen LogP contribution in [0.1, 0.15) is 17.4 Å². The third-order valence-electron chi connectivity index (χ3n) is 3.37. The minimum absolute atomic E-state index is 0.152. The van der Waals surface area contributed by atoms with Crippen LogP contribution >= 0.6 is 0 Å². The molecule has 0 spiro atoms. The van der Waals surface area contributed by atoms with Crippen LogP contribution in [0.15, 0.2) is 36.7 Å². The molecule has 2 aromatic rings. The molecule has 2 N–H and O–H groups in total. The molecule has 1 unspecified atom stereocenters. The smallest absolute Gasteiger partial charge is 0.234 e. The lowest BCUT2D eigenvalue weighted by atomic mass is 10.1. The minimum Gasteiger partial charge on any atom is -0.383 e. The Kier molecular flexibility index (Phi) is 6.25. The number of carbonyl (C=O) groups is 1. The highest BCUT2D eigenvalue weighted by Gasteiger charge is 2.20. The zero-order valence-corrected chi connectivity index (χ0v) is 13.3. The third kappa shape index (κ3) is 4.87. The van der Waals surface area contributed by atoms with Gasteiger partial charge in [0, 0.05) is 33.1 Å². The molecule has 7 heteroatoms. The highest BCUT2D eigenvalue weighted by atomic mass is 19.1. The molecule has 1 aromatic carbocycles. The molecule has 124 valence electrons. The number of aromatic nitrogens is 2. The van der Waals surface area contributed by atoms with Crippen LogP contribution in [0.25, 0.3) is 0 Å². The van der Waals surface area contributed by atoms with Gasteiger partial charge in [-0.3, -0.25) is 4.79 Å². The SMILES string of the molecule is COCCNCC(=O)NC(c1cccc(F)c1)c1nccn1C. The van der Waals surface area contributed by atoms with Crippen LogP contribution in [-0.2, 0) is 16.6 Å². The monoisotopic (exact) mass is 320 g/mol. The largest absolute Gasteiger partial charge is 0.383 e. The molecule has 0 saturated carbocycles. The van der Waals surface area contributed by atoms with Crippen molar-refractivity contribution in [1.29, 1.82) is 0 Å². The fourth-order valence-electron chi connectivity index (χ4n) is 2.23. The van der Waals surface area contributed by atoms with E-state index in [9.17, 15) is 9.18 Å². The van der Waals surface area contributed by atoms with Crippen molar-refractivity contribution in [2.24, 2.45) is 7.05 Å². The van der Waals surface area contributed by atoms with Crippen molar-refractivity contribution in [3.05, 3.63) is 53.9 Å². The number of rotatable bonds is 8. The molecule has 0 aliphatic heterocycles. The van der Waals surface area contributed by atoms with E-state index in [1.165, 1.54) is 12.1 Å². The molecular weight excluding hydrogens is 299 g/mol. The molecule has 0 aliphatic carbocycles. The maximum absolute atomic E-state index is 13.5. The second-order valence-corrected chi connectivity index (χ2v) is 5.12. The number of methoxy groups -OCH3 is 1. The van der Waals surface area contributed by atoms with Gasteiger partial charge in [-0.1, -0.05) is 12.1 Å². The Morgan fingerprint density at radius 2 is 2.30 bits per heavy atom. The van der Waals surface area contributed by atoms with Gasteiger partial charge in [-0.15, -0.1) is 0 Å². The standard InChI is InChI=1S/C16H21FN4O2/c1-21-8-6-19-16(21)15(12-4-3-5-13(17)10-12)20-14(22)11-18-7-9-23-2/h3-6,8,10,15,18H,7,9,11H2,1-2H3,(H,20,22). The van der Waals surface area contributed by atoms with Crippen LogP contribution in [0.5, 0.6) is 0 Å². The van der Waals surface area contributed by atoms with E-state index in [4.69, 9.17) is 4.74 Å². The van der Waals surface area contributed by atoms with Crippen LogP contribution in [-0.4, -0.2) is 42.3 Å². The number of hydrogen-bond acceptors (Lipinski definition) is 4. The first kappa shape index (κ1) is 17.1. The lowest BCUT2D eigenvalue weighted by molar-refractivity contribution is -0.120. The first-order valence-electron chi connectivity index (χ1n) is 7.33. The van der Waals surface area contributed by atoms with E-state index in [0.717, 1.165) is 0 Å². The predicted molar refractivity (Wildman–Crippen MR) is 84.3 cm³/mol. The Balaban J connectivity index is 2.12. The third-order valence-corrected chi connectivity index (χ3v) is 3.37. The highest BCUT2D eigenvalue weighted by Crippen LogP contribution is 2.21. The van der Waals surface area contributed by atoms with E-state index < -0.39 is 6.04 Å². The average Bonchev–Trinajstić information content (AvgIpc) is 2.95. The first-order chi connectivity index (χ1) is 11.1. The predicted octanol–water partition coefficient (Wildman–Crippen LogP) is 1.00. The fourth-order valence-corrected chi connectivity index (χ4v) is 2.23. The van der Waals surface area contributed by atoms with Crippen molar-refractivity contribution < 1.29 is 13.9 Å². The number of imidazole rings is 1. The summed E-state index contributed by atoms with van der Waals surface area (Å²) in [6.45, 7) is 1.26. The zero-order valence-electron chi connectivity index (χ0n) is 13.3. The van der Waals surface area contributed by atoms with Gasteiger partial charge in [-0.05, 0) is 17.7 Å². The first-order valence-corrected chi connectivity index (χ1v) is 7.33. The normalized spacial score (nSPS) is 12.1. The molecule has 2 rings (SSSR count). The second kappa shape index (κ2) is 8.40. The van der Waals surface area contributed by atoms with Crippen LogP contribution in [0.2, 0.25) is 0 Å². The van der Waals surface area contributed by atoms with Crippen molar-refractivity contribution in [3.8, 4) is 0 Å². The number of ether oxygens (including phenoxy) is 1. The molecule has 0 bridgehead atoms. The summed E-state index contributed by atoms with van der Waals surface area (Å²) in [6.07, 6.45) is 3.43. The van der Waals surface area contributed by atoms with E-state index in [2.05, 4.69) is 15.6 Å². The summed E-state index contributed by atoms with van der Waals surface area (Å²) in [4.78, 5) is 16.4. The van der Waals surface area contributed by atoms with Gasteiger partial charge in [-0.25, -0.2) is 9.37 Å². The van der Waals surface area contributed by atoms with Crippen molar-refractivity contribution in [3.63, 3.8) is 0 Å². The van der Waals surface area contributed by atoms with E-state index in [0.29, 0.717) is 24.5 Å². The zero-order chi connectivity index (χ0) is 16.7. The molecule has 1 amide bonds. The van der Waals surface area contributed by atoms with Crippen molar-refractivity contribution in [2.75, 3.05) is 26.8 Å². The maximum atomic E-state index is 13.5. The minimum atomic E-state index is -0.512. The lowest BCUT2D eigenvalue weighted by Crippen LogP contribution is -2.38. The van der Waals surface area contributed by atoms with Crippen molar-refractivity contribution >= 4 is 5.91 Å². The average molecular weight is 320 g/mol. The highest BCUT2D eigenvalue weighted by molar-refractivity contribution is 5.78. The molecule has 0 radical (unpaired) electrons. The maximum Gasteiger partial charge on any atom is 0.234 e. The Morgan fingerprint density at radius 1 is 1.48 bits per heavy atom. The summed E-state index contributed by atoms with van der Waals surface area (Å²) in [6, 6.07) is 5.64. The Labute approximate surface area is 134 Å². The van der Waals surface area contributed by atoms with Gasteiger partial charge in [0.05, 0.1) is 13.2 Å². The van der Waals surface area contributed by atoms with Gasteiger partial charge in [0.1, 0.15) is 17.7 Å². The molecule has 0 saturated heterocycles. The second-order valence-electron chi connectivity index (χ2n) is 5.12. The van der Waals surface area contributed by atoms with Crippen LogP contribution in [0, 0.1) is 5.82 Å². The van der Waals surface area contributed by atoms with E-state index >= 15 is 0 Å². The molecule has 1 aromatic heterocycles. The molecule has 0 fully saturated rings. The molecule has 0 aliphatic rings. The van der Waals surface area contributed by atoms with Gasteiger partial charge in [-0.2, -0.15) is 0 Å². The van der Waals surface area contributed by atoms with E-state index in [1.54, 1.807) is 36.2 Å². The van der Waals surface area contributed by atoms with Crippen LogP contribution < -0.4 is 10.6 Å². The van der Waals surface area contributed by atoms with Gasteiger partial charge >= 0.3 is 0 Å². The van der Waals surface area contributed by atoms with Crippen LogP contribution in [0.4, 0.5) is 4.39 Å². The number of hydrogen-bond donors (Lipinski definition) is 2. The number of nitrogens with zero attached hydrogens (tertiary/aromatic N) is 2. The topological polar surface area (TPSA) is 68.2 Å². The fraction of sp³-hybridized carbons (Fsp3) is 0.375. The molecular formula is C16H21FN4O2. The van der Waals surface area contributed by atoms with Gasteiger partial charge in [0.2, 0.25) is 5.91 Å². The number of aryl methyl sites for hydroxylation is 1. The van der Waals surface area contributed by atoms with Crippen molar-refractivity contribution in [2.45, 2.75) is 6.04 Å². The van der Waals surface area contributed by atoms with Gasteiger partial charge in [0.15, 0.2) is 0 Å². The molecule has 6 nitrogen and oxygen atoms in total. The summed E-state index contributed by atoms with van der Waals surface area (Å²) in [7, 11) is 3.43. The van der Waals surface area contributed by atoms with Crippen molar-refractivity contribution in [1.82, 2.24) is 20.2 Å². The van der Waals surface area contributed by atoms with Gasteiger partial charge < -0.3 is 19.9 Å². The van der Waals surface area contributed by atoms with Gasteiger partial charge in [0.25, 0.3) is 0 Å². The molecule has 1 atom stereocenters. The summed E-state index contributed by atoms with van der Waals surface area (Å²) in [5.41, 5.74) is 0.643. The molecule has 1 heterocycles. The Morgan fingerprint density at radius 3 is 2.96 bits per heavy atom. The summed E-state index contributed by atoms with van der Waals surface area (Å²) < 4.78 is 20.2. The Bertz CT molecular complexity index is 645. The van der Waals surface area contributed by atoms with Crippen LogP contribution in [0.3, 0.4) is 0 Å². The van der Waals surface area contributed by atoms with E-state index in [-0.39, 0.29) is 18.3 Å². The Hall–Kier alpha value is -2.25. The molecule has 23 heavy (non-hydrogen) atoms. The quantitative estimate of drug-likeness (QED) is 0.712. The summed E-state index contributed by atoms with van der Waals surface area (Å²) in [5, 5.41) is 5.86. The summed E-state index contributed by atoms with van der Waals surface area (Å²) in [5.74, 6) is 0.0911. The number of carbonyl (C=O) groups excluding carboxylic acids is 1. The van der Waals surface area contributed by atoms with E-state index in [1.807, 2.05) is 7.05 Å². The summed E-state index contributed by atoms with van der Waals surface area (Å²) >= 11 is 0. The number of amides is 1. The number of benzene rings is 1. The number of halogens is 1.